The van der Waals surface area contributed by atoms with Crippen LogP contribution in [-0.2, 0) is 9.53 Å². The predicted octanol–water partition coefficient (Wildman–Crippen LogP) is 1.79. The third-order valence-corrected chi connectivity index (χ3v) is 1.79. The highest BCUT2D eigenvalue weighted by Crippen LogP contribution is 2.15. The summed E-state index contributed by atoms with van der Waals surface area (Å²) in [5.74, 6) is -0.813. The standard InChI is InChI=1S/C8H7BrO4/c1-12-8(11)3-6(10)7-2-5(9)4-13-7/h2,4H,3H2,1H3. The Hall–Kier alpha value is -1.10. The van der Waals surface area contributed by atoms with Crippen molar-refractivity contribution in [2.24, 2.45) is 0 Å². The fourth-order valence-electron chi connectivity index (χ4n) is 0.750. The van der Waals surface area contributed by atoms with Crippen LogP contribution in [0.3, 0.4) is 0 Å². The summed E-state index contributed by atoms with van der Waals surface area (Å²) in [4.78, 5) is 21.9. The van der Waals surface area contributed by atoms with E-state index in [4.69, 9.17) is 4.42 Å². The van der Waals surface area contributed by atoms with Gasteiger partial charge in [-0.3, -0.25) is 9.59 Å². The molecule has 0 spiro atoms. The lowest BCUT2D eigenvalue weighted by molar-refractivity contribution is -0.139. The molecule has 0 fully saturated rings. The van der Waals surface area contributed by atoms with Crippen molar-refractivity contribution in [3.8, 4) is 0 Å². The van der Waals surface area contributed by atoms with Crippen LogP contribution in [0.15, 0.2) is 21.2 Å². The fourth-order valence-corrected chi connectivity index (χ4v) is 1.05. The highest BCUT2D eigenvalue weighted by atomic mass is 79.9. The van der Waals surface area contributed by atoms with Crippen molar-refractivity contribution in [3.05, 3.63) is 22.6 Å². The average molecular weight is 247 g/mol. The molecule has 1 aromatic rings. The molecule has 0 aliphatic rings. The molecule has 0 atom stereocenters. The molecule has 5 heteroatoms. The summed E-state index contributed by atoms with van der Waals surface area (Å²) >= 11 is 3.12. The van der Waals surface area contributed by atoms with E-state index in [9.17, 15) is 9.59 Å². The van der Waals surface area contributed by atoms with E-state index in [0.717, 1.165) is 0 Å². The number of ketones is 1. The van der Waals surface area contributed by atoms with Gasteiger partial charge in [-0.05, 0) is 15.9 Å². The lowest BCUT2D eigenvalue weighted by Crippen LogP contribution is -2.08. The normalized spacial score (nSPS) is 9.69. The number of esters is 1. The van der Waals surface area contributed by atoms with Crippen LogP contribution in [0.4, 0.5) is 0 Å². The van der Waals surface area contributed by atoms with Crippen molar-refractivity contribution in [3.63, 3.8) is 0 Å². The first-order valence-corrected chi connectivity index (χ1v) is 4.27. The Morgan fingerprint density at radius 1 is 1.62 bits per heavy atom. The van der Waals surface area contributed by atoms with Crippen LogP contribution in [0, 0.1) is 0 Å². The van der Waals surface area contributed by atoms with E-state index in [1.165, 1.54) is 19.4 Å². The SMILES string of the molecule is COC(=O)CC(=O)c1cc(Br)co1. The Bertz CT molecular complexity index is 329. The van der Waals surface area contributed by atoms with Crippen molar-refractivity contribution >= 4 is 27.7 Å². The molecule has 1 rings (SSSR count). The summed E-state index contributed by atoms with van der Waals surface area (Å²) < 4.78 is 9.87. The maximum atomic E-state index is 11.2. The number of rotatable bonds is 3. The highest BCUT2D eigenvalue weighted by Gasteiger charge is 2.15. The number of hydrogen-bond acceptors (Lipinski definition) is 4. The lowest BCUT2D eigenvalue weighted by atomic mass is 10.2. The summed E-state index contributed by atoms with van der Waals surface area (Å²) in [5.41, 5.74) is 0. The molecule has 0 bridgehead atoms. The summed E-state index contributed by atoms with van der Waals surface area (Å²) in [6.07, 6.45) is 1.08. The molecular weight excluding hydrogens is 240 g/mol. The van der Waals surface area contributed by atoms with E-state index in [1.807, 2.05) is 0 Å². The molecule has 1 heterocycles. The number of carbonyl (C=O) groups is 2. The third kappa shape index (κ3) is 2.69. The molecular formula is C8H7BrO4. The van der Waals surface area contributed by atoms with E-state index in [2.05, 4.69) is 20.7 Å². The maximum Gasteiger partial charge on any atom is 0.313 e. The minimum atomic E-state index is -0.572. The van der Waals surface area contributed by atoms with Crippen molar-refractivity contribution in [2.75, 3.05) is 7.11 Å². The van der Waals surface area contributed by atoms with Gasteiger partial charge in [0.05, 0.1) is 11.6 Å². The first kappa shape index (κ1) is 9.98. The Labute approximate surface area is 83.0 Å². The van der Waals surface area contributed by atoms with Gasteiger partial charge >= 0.3 is 5.97 Å². The zero-order valence-electron chi connectivity index (χ0n) is 6.87. The number of ether oxygens (including phenoxy) is 1. The van der Waals surface area contributed by atoms with Gasteiger partial charge in [-0.15, -0.1) is 0 Å². The largest absolute Gasteiger partial charge is 0.469 e. The first-order chi connectivity index (χ1) is 6.13. The average Bonchev–Trinajstić information content (AvgIpc) is 2.51. The fraction of sp³-hybridized carbons (Fsp3) is 0.250. The van der Waals surface area contributed by atoms with Crippen LogP contribution < -0.4 is 0 Å². The van der Waals surface area contributed by atoms with Crippen LogP contribution in [0.25, 0.3) is 0 Å². The minimum Gasteiger partial charge on any atom is -0.469 e. The van der Waals surface area contributed by atoms with E-state index in [1.54, 1.807) is 0 Å². The molecule has 0 saturated heterocycles. The second kappa shape index (κ2) is 4.23. The van der Waals surface area contributed by atoms with Crippen molar-refractivity contribution in [1.29, 1.82) is 0 Å². The van der Waals surface area contributed by atoms with E-state index in [0.29, 0.717) is 4.47 Å². The van der Waals surface area contributed by atoms with E-state index < -0.39 is 11.8 Å². The van der Waals surface area contributed by atoms with Gasteiger partial charge < -0.3 is 9.15 Å². The Balaban J connectivity index is 2.64. The third-order valence-electron chi connectivity index (χ3n) is 1.37. The van der Waals surface area contributed by atoms with Crippen molar-refractivity contribution in [2.45, 2.75) is 6.42 Å². The molecule has 0 amide bonds. The van der Waals surface area contributed by atoms with Gasteiger partial charge in [-0.25, -0.2) is 0 Å². The Kier molecular flexibility index (Phi) is 3.25. The summed E-state index contributed by atoms with van der Waals surface area (Å²) in [6, 6.07) is 1.51. The van der Waals surface area contributed by atoms with Gasteiger partial charge in [0.25, 0.3) is 0 Å². The molecule has 0 aliphatic carbocycles. The van der Waals surface area contributed by atoms with E-state index >= 15 is 0 Å². The summed E-state index contributed by atoms with van der Waals surface area (Å²) in [6.45, 7) is 0. The second-order valence-electron chi connectivity index (χ2n) is 2.31. The summed E-state index contributed by atoms with van der Waals surface area (Å²) in [7, 11) is 1.23. The van der Waals surface area contributed by atoms with Crippen LogP contribution in [0.1, 0.15) is 17.0 Å². The molecule has 0 unspecified atom stereocenters. The molecule has 1 aromatic heterocycles. The topological polar surface area (TPSA) is 56.5 Å². The lowest BCUT2D eigenvalue weighted by Gasteiger charge is -1.94. The predicted molar refractivity (Wildman–Crippen MR) is 47.4 cm³/mol. The van der Waals surface area contributed by atoms with Gasteiger partial charge in [0.15, 0.2) is 5.76 Å². The van der Waals surface area contributed by atoms with Gasteiger partial charge in [-0.2, -0.15) is 0 Å². The molecule has 70 valence electrons. The number of halogens is 1. The first-order valence-electron chi connectivity index (χ1n) is 3.47. The number of Topliss-reactive ketones (excluding diaryl/α,β-unsaturated/α-hetero) is 1. The zero-order valence-corrected chi connectivity index (χ0v) is 8.46. The Morgan fingerprint density at radius 2 is 2.31 bits per heavy atom. The molecule has 0 aliphatic heterocycles. The Morgan fingerprint density at radius 3 is 2.77 bits per heavy atom. The monoisotopic (exact) mass is 246 g/mol. The van der Waals surface area contributed by atoms with Crippen molar-refractivity contribution in [1.82, 2.24) is 0 Å². The summed E-state index contributed by atoms with van der Waals surface area (Å²) in [5, 5.41) is 0. The van der Waals surface area contributed by atoms with Crippen LogP contribution in [0.5, 0.6) is 0 Å². The second-order valence-corrected chi connectivity index (χ2v) is 3.22. The number of furan rings is 1. The number of hydrogen-bond donors (Lipinski definition) is 0. The van der Waals surface area contributed by atoms with Gasteiger partial charge in [0.2, 0.25) is 5.78 Å². The zero-order chi connectivity index (χ0) is 9.84. The van der Waals surface area contributed by atoms with Crippen LogP contribution >= 0.6 is 15.9 Å². The van der Waals surface area contributed by atoms with Crippen molar-refractivity contribution < 1.29 is 18.7 Å². The number of methoxy groups -OCH3 is 1. The van der Waals surface area contributed by atoms with Gasteiger partial charge in [-0.1, -0.05) is 0 Å². The van der Waals surface area contributed by atoms with Gasteiger partial charge in [0, 0.05) is 6.07 Å². The molecule has 4 nitrogen and oxygen atoms in total. The van der Waals surface area contributed by atoms with Gasteiger partial charge in [0.1, 0.15) is 12.7 Å². The molecule has 0 radical (unpaired) electrons. The highest BCUT2D eigenvalue weighted by molar-refractivity contribution is 9.10. The molecule has 13 heavy (non-hydrogen) atoms. The maximum absolute atomic E-state index is 11.2. The number of carbonyl (C=O) groups excluding carboxylic acids is 2. The smallest absolute Gasteiger partial charge is 0.313 e. The van der Waals surface area contributed by atoms with Crippen LogP contribution in [0.2, 0.25) is 0 Å². The molecule has 0 aromatic carbocycles. The quantitative estimate of drug-likeness (QED) is 0.464. The van der Waals surface area contributed by atoms with Crippen LogP contribution in [-0.4, -0.2) is 18.9 Å². The van der Waals surface area contributed by atoms with E-state index in [-0.39, 0.29) is 12.2 Å². The molecule has 0 N–H and O–H groups in total. The minimum absolute atomic E-state index is 0.150. The molecule has 0 saturated carbocycles.